The Morgan fingerprint density at radius 3 is 2.51 bits per heavy atom. The fourth-order valence-corrected chi connectivity index (χ4v) is 5.03. The first kappa shape index (κ1) is 28.4. The van der Waals surface area contributed by atoms with Gasteiger partial charge in [0.2, 0.25) is 5.91 Å². The third-order valence-electron chi connectivity index (χ3n) is 7.19. The number of halogens is 3. The number of benzene rings is 2. The number of pyridine rings is 1. The van der Waals surface area contributed by atoms with Crippen molar-refractivity contribution in [2.45, 2.75) is 51.1 Å². The summed E-state index contributed by atoms with van der Waals surface area (Å²) in [5.74, 6) is -0.202. The summed E-state index contributed by atoms with van der Waals surface area (Å²) in [6.07, 6.45) is -3.44. The van der Waals surface area contributed by atoms with E-state index in [9.17, 15) is 28.2 Å². The molecule has 2 atom stereocenters. The molecule has 1 saturated heterocycles. The Bertz CT molecular complexity index is 1350. The van der Waals surface area contributed by atoms with Crippen molar-refractivity contribution in [3.05, 3.63) is 71.9 Å². The lowest BCUT2D eigenvalue weighted by atomic mass is 9.83. The fraction of sp³-hybridized carbons (Fsp3) is 0.379. The second-order valence-corrected chi connectivity index (χ2v) is 10.3. The minimum atomic E-state index is -4.85. The zero-order valence-electron chi connectivity index (χ0n) is 22.2. The number of aliphatic hydroxyl groups is 2. The molecule has 0 bridgehead atoms. The molecule has 7 nitrogen and oxygen atoms in total. The van der Waals surface area contributed by atoms with Crippen LogP contribution < -0.4 is 14.5 Å². The zero-order chi connectivity index (χ0) is 28.5. The number of carbonyl (C=O) groups is 1. The number of aromatic nitrogens is 1. The van der Waals surface area contributed by atoms with Crippen LogP contribution in [0, 0.1) is 6.92 Å². The molecule has 1 amide bonds. The summed E-state index contributed by atoms with van der Waals surface area (Å²) in [6.45, 7) is 5.43. The van der Waals surface area contributed by atoms with Gasteiger partial charge in [-0.2, -0.15) is 0 Å². The number of hydrogen-bond acceptors (Lipinski definition) is 6. The van der Waals surface area contributed by atoms with Gasteiger partial charge in [-0.1, -0.05) is 36.4 Å². The van der Waals surface area contributed by atoms with E-state index in [0.717, 1.165) is 16.7 Å². The van der Waals surface area contributed by atoms with E-state index in [4.69, 9.17) is 0 Å². The highest BCUT2D eigenvalue weighted by Crippen LogP contribution is 2.38. The first-order valence-electron chi connectivity index (χ1n) is 12.6. The predicted octanol–water partition coefficient (Wildman–Crippen LogP) is 4.83. The summed E-state index contributed by atoms with van der Waals surface area (Å²) < 4.78 is 42.4. The second kappa shape index (κ2) is 10.9. The van der Waals surface area contributed by atoms with Gasteiger partial charge in [0.25, 0.3) is 0 Å². The zero-order valence-corrected chi connectivity index (χ0v) is 22.2. The number of hydrogen-bond donors (Lipinski definition) is 2. The van der Waals surface area contributed by atoms with Crippen LogP contribution in [0.2, 0.25) is 0 Å². The van der Waals surface area contributed by atoms with Crippen molar-refractivity contribution >= 4 is 17.4 Å². The van der Waals surface area contributed by atoms with Gasteiger partial charge in [0.15, 0.2) is 0 Å². The lowest BCUT2D eigenvalue weighted by Crippen LogP contribution is -2.42. The van der Waals surface area contributed by atoms with Gasteiger partial charge in [-0.05, 0) is 62.1 Å². The van der Waals surface area contributed by atoms with E-state index in [1.807, 2.05) is 42.2 Å². The maximum absolute atomic E-state index is 13.9. The molecule has 1 aliphatic rings. The molecule has 3 aromatic rings. The molecule has 1 fully saturated rings. The molecule has 4 rings (SSSR count). The Balaban J connectivity index is 1.74. The van der Waals surface area contributed by atoms with Crippen molar-refractivity contribution < 1.29 is 32.9 Å². The van der Waals surface area contributed by atoms with Gasteiger partial charge in [-0.15, -0.1) is 13.2 Å². The minimum absolute atomic E-state index is 0.135. The van der Waals surface area contributed by atoms with E-state index in [2.05, 4.69) is 9.72 Å². The van der Waals surface area contributed by atoms with Crippen LogP contribution in [0.5, 0.6) is 5.75 Å². The van der Waals surface area contributed by atoms with Crippen molar-refractivity contribution in [2.24, 2.45) is 0 Å². The normalized spacial score (nSPS) is 17.8. The Labute approximate surface area is 225 Å². The van der Waals surface area contributed by atoms with Gasteiger partial charge in [0.1, 0.15) is 11.6 Å². The van der Waals surface area contributed by atoms with Gasteiger partial charge >= 0.3 is 6.36 Å². The van der Waals surface area contributed by atoms with Crippen LogP contribution in [0.15, 0.2) is 60.8 Å². The van der Waals surface area contributed by atoms with Crippen LogP contribution in [0.1, 0.15) is 31.4 Å². The van der Waals surface area contributed by atoms with E-state index in [1.165, 1.54) is 23.1 Å². The van der Waals surface area contributed by atoms with E-state index in [0.29, 0.717) is 30.0 Å². The highest BCUT2D eigenvalue weighted by Gasteiger charge is 2.37. The van der Waals surface area contributed by atoms with Gasteiger partial charge in [0.05, 0.1) is 36.1 Å². The number of likely N-dealkylation sites (N-methyl/N-ethyl adjacent to an activating group) is 1. The van der Waals surface area contributed by atoms with E-state index < -0.39 is 23.6 Å². The molecule has 2 aromatic carbocycles. The number of alkyl halides is 3. The van der Waals surface area contributed by atoms with Crippen molar-refractivity contribution in [2.75, 3.05) is 30.0 Å². The summed E-state index contributed by atoms with van der Waals surface area (Å²) >= 11 is 0. The Morgan fingerprint density at radius 2 is 1.85 bits per heavy atom. The molecule has 1 aliphatic heterocycles. The molecule has 0 saturated carbocycles. The standard InChI is InChI=1S/C29H32F3N3O4/c1-18-8-5-6-11-23(18)24-14-26(35-16-21(37)13-20(35)17-36)33-15-25(24)34(4)27(38)28(2,3)19-9-7-10-22(12-19)39-29(30,31)32/h5-12,14-15,20-21,36-37H,13,16-17H2,1-4H3. The van der Waals surface area contributed by atoms with Crippen LogP contribution in [-0.4, -0.2) is 59.8 Å². The lowest BCUT2D eigenvalue weighted by Gasteiger charge is -2.32. The quantitative estimate of drug-likeness (QED) is 0.444. The molecule has 1 aromatic heterocycles. The molecule has 2 N–H and O–H groups in total. The molecule has 10 heteroatoms. The number of aryl methyl sites for hydroxylation is 1. The molecular weight excluding hydrogens is 511 g/mol. The highest BCUT2D eigenvalue weighted by molar-refractivity contribution is 6.03. The largest absolute Gasteiger partial charge is 0.573 e. The number of amides is 1. The third kappa shape index (κ3) is 6.02. The first-order valence-corrected chi connectivity index (χ1v) is 12.6. The Kier molecular flexibility index (Phi) is 7.90. The fourth-order valence-electron chi connectivity index (χ4n) is 5.03. The topological polar surface area (TPSA) is 86.1 Å². The summed E-state index contributed by atoms with van der Waals surface area (Å²) in [5.41, 5.74) is 2.22. The Hall–Kier alpha value is -3.63. The van der Waals surface area contributed by atoms with E-state index in [-0.39, 0.29) is 18.6 Å². The lowest BCUT2D eigenvalue weighted by molar-refractivity contribution is -0.274. The first-order chi connectivity index (χ1) is 18.3. The maximum atomic E-state index is 13.9. The third-order valence-corrected chi connectivity index (χ3v) is 7.19. The number of ether oxygens (including phenoxy) is 1. The van der Waals surface area contributed by atoms with E-state index in [1.54, 1.807) is 33.2 Å². The Morgan fingerprint density at radius 1 is 1.13 bits per heavy atom. The van der Waals surface area contributed by atoms with Gasteiger partial charge in [0, 0.05) is 19.2 Å². The van der Waals surface area contributed by atoms with Gasteiger partial charge < -0.3 is 24.7 Å². The van der Waals surface area contributed by atoms with Crippen molar-refractivity contribution in [3.63, 3.8) is 0 Å². The van der Waals surface area contributed by atoms with Gasteiger partial charge in [-0.3, -0.25) is 4.79 Å². The summed E-state index contributed by atoms with van der Waals surface area (Å²) in [4.78, 5) is 21.8. The molecule has 0 radical (unpaired) electrons. The summed E-state index contributed by atoms with van der Waals surface area (Å²) in [6, 6.07) is 14.7. The van der Waals surface area contributed by atoms with Gasteiger partial charge in [-0.25, -0.2) is 4.98 Å². The number of aliphatic hydroxyl groups excluding tert-OH is 2. The van der Waals surface area contributed by atoms with Crippen molar-refractivity contribution in [1.29, 1.82) is 0 Å². The van der Waals surface area contributed by atoms with Crippen molar-refractivity contribution in [3.8, 4) is 16.9 Å². The molecule has 39 heavy (non-hydrogen) atoms. The highest BCUT2D eigenvalue weighted by atomic mass is 19.4. The van der Waals surface area contributed by atoms with Crippen LogP contribution in [0.3, 0.4) is 0 Å². The number of β-amino-alcohol motifs (C(OH)–C–C–N with tert-alkyl or cyclic N) is 1. The molecule has 208 valence electrons. The van der Waals surface area contributed by atoms with Crippen LogP contribution in [0.25, 0.3) is 11.1 Å². The summed E-state index contributed by atoms with van der Waals surface area (Å²) in [7, 11) is 1.61. The maximum Gasteiger partial charge on any atom is 0.573 e. The average Bonchev–Trinajstić information content (AvgIpc) is 3.27. The summed E-state index contributed by atoms with van der Waals surface area (Å²) in [5, 5.41) is 20.0. The molecule has 0 aliphatic carbocycles. The number of rotatable bonds is 7. The van der Waals surface area contributed by atoms with E-state index >= 15 is 0 Å². The number of anilines is 2. The number of nitrogens with zero attached hydrogens (tertiary/aromatic N) is 3. The SMILES string of the molecule is Cc1ccccc1-c1cc(N2CC(O)CC2CO)ncc1N(C)C(=O)C(C)(C)c1cccc(OC(F)(F)F)c1. The van der Waals surface area contributed by atoms with Crippen molar-refractivity contribution in [1.82, 2.24) is 4.98 Å². The average molecular weight is 544 g/mol. The van der Waals surface area contributed by atoms with Crippen LogP contribution >= 0.6 is 0 Å². The molecule has 0 spiro atoms. The molecule has 2 unspecified atom stereocenters. The molecule has 2 heterocycles. The monoisotopic (exact) mass is 543 g/mol. The predicted molar refractivity (Wildman–Crippen MR) is 143 cm³/mol. The smallest absolute Gasteiger partial charge is 0.406 e. The minimum Gasteiger partial charge on any atom is -0.406 e. The molecular formula is C29H32F3N3O4. The second-order valence-electron chi connectivity index (χ2n) is 10.3. The van der Waals surface area contributed by atoms with Crippen LogP contribution in [-0.2, 0) is 10.2 Å². The van der Waals surface area contributed by atoms with Crippen LogP contribution in [0.4, 0.5) is 24.7 Å². The number of carbonyl (C=O) groups excluding carboxylic acids is 1.